The number of nitrogens with zero attached hydrogens (tertiary/aromatic N) is 1. The van der Waals surface area contributed by atoms with Crippen LogP contribution >= 0.6 is 0 Å². The quantitative estimate of drug-likeness (QED) is 0.773. The smallest absolute Gasteiger partial charge is 0.272 e. The molecule has 0 atom stereocenters. The molecule has 2 heterocycles. The van der Waals surface area contributed by atoms with Crippen LogP contribution in [-0.4, -0.2) is 36.3 Å². The molecular weight excluding hydrogens is 299 g/mol. The van der Waals surface area contributed by atoms with Crippen LogP contribution in [0.15, 0.2) is 18.2 Å². The van der Waals surface area contributed by atoms with E-state index in [9.17, 15) is 9.18 Å². The Hall–Kier alpha value is -2.41. The number of hydrogen-bond donors (Lipinski definition) is 3. The molecule has 1 aromatic heterocycles. The third kappa shape index (κ3) is 3.34. The minimum Gasteiger partial charge on any atom is -0.494 e. The lowest BCUT2D eigenvalue weighted by molar-refractivity contribution is 0.0948. The molecule has 1 amide bonds. The van der Waals surface area contributed by atoms with Crippen molar-refractivity contribution in [2.45, 2.75) is 19.4 Å². The number of amides is 1. The number of carbonyl (C=O) groups is 1. The highest BCUT2D eigenvalue weighted by atomic mass is 19.1. The lowest BCUT2D eigenvalue weighted by atomic mass is 10.1. The predicted molar refractivity (Wildman–Crippen MR) is 83.0 cm³/mol. The van der Waals surface area contributed by atoms with Gasteiger partial charge in [0.2, 0.25) is 0 Å². The molecule has 1 aromatic carbocycles. The maximum Gasteiger partial charge on any atom is 0.272 e. The predicted octanol–water partition coefficient (Wildman–Crippen LogP) is 1.18. The molecule has 7 heteroatoms. The monoisotopic (exact) mass is 318 g/mol. The molecule has 0 radical (unpaired) electrons. The summed E-state index contributed by atoms with van der Waals surface area (Å²) in [4.78, 5) is 12.2. The Bertz CT molecular complexity index is 714. The van der Waals surface area contributed by atoms with Crippen LogP contribution in [0.3, 0.4) is 0 Å². The lowest BCUT2D eigenvalue weighted by Gasteiger charge is -2.12. The van der Waals surface area contributed by atoms with E-state index in [4.69, 9.17) is 4.74 Å². The molecule has 122 valence electrons. The van der Waals surface area contributed by atoms with E-state index in [1.165, 1.54) is 13.2 Å². The number of aromatic nitrogens is 2. The number of halogens is 1. The summed E-state index contributed by atoms with van der Waals surface area (Å²) in [5.41, 5.74) is 3.19. The number of H-pyrrole nitrogens is 1. The van der Waals surface area contributed by atoms with Gasteiger partial charge in [0.15, 0.2) is 17.3 Å². The largest absolute Gasteiger partial charge is 0.494 e. The van der Waals surface area contributed by atoms with Gasteiger partial charge in [0.25, 0.3) is 5.91 Å². The maximum atomic E-state index is 13.6. The van der Waals surface area contributed by atoms with Crippen molar-refractivity contribution in [1.82, 2.24) is 20.8 Å². The second-order valence-corrected chi connectivity index (χ2v) is 5.43. The average molecular weight is 318 g/mol. The molecule has 3 N–H and O–H groups in total. The van der Waals surface area contributed by atoms with Crippen molar-refractivity contribution in [2.75, 3.05) is 20.2 Å². The fourth-order valence-corrected chi connectivity index (χ4v) is 2.68. The van der Waals surface area contributed by atoms with Crippen molar-refractivity contribution in [3.05, 3.63) is 46.5 Å². The van der Waals surface area contributed by atoms with E-state index in [-0.39, 0.29) is 11.7 Å². The summed E-state index contributed by atoms with van der Waals surface area (Å²) >= 11 is 0. The Morgan fingerprint density at radius 2 is 2.35 bits per heavy atom. The molecule has 2 aromatic rings. The third-order valence-electron chi connectivity index (χ3n) is 3.94. The first kappa shape index (κ1) is 15.5. The topological polar surface area (TPSA) is 79.0 Å². The van der Waals surface area contributed by atoms with Crippen LogP contribution in [0.4, 0.5) is 4.39 Å². The number of benzene rings is 1. The Morgan fingerprint density at radius 3 is 3.13 bits per heavy atom. The Kier molecular flexibility index (Phi) is 4.57. The van der Waals surface area contributed by atoms with Crippen molar-refractivity contribution in [1.29, 1.82) is 0 Å². The average Bonchev–Trinajstić information content (AvgIpc) is 2.99. The van der Waals surface area contributed by atoms with Crippen LogP contribution in [0.25, 0.3) is 0 Å². The van der Waals surface area contributed by atoms with Crippen molar-refractivity contribution in [3.63, 3.8) is 0 Å². The van der Waals surface area contributed by atoms with Gasteiger partial charge < -0.3 is 15.4 Å². The van der Waals surface area contributed by atoms with Gasteiger partial charge in [-0.2, -0.15) is 5.10 Å². The van der Waals surface area contributed by atoms with E-state index in [2.05, 4.69) is 20.8 Å². The Morgan fingerprint density at radius 1 is 1.48 bits per heavy atom. The van der Waals surface area contributed by atoms with Crippen molar-refractivity contribution >= 4 is 5.91 Å². The molecule has 0 aliphatic carbocycles. The molecule has 0 fully saturated rings. The zero-order valence-electron chi connectivity index (χ0n) is 12.9. The van der Waals surface area contributed by atoms with Crippen LogP contribution in [0.2, 0.25) is 0 Å². The molecule has 1 aliphatic heterocycles. The number of nitrogens with one attached hydrogen (secondary N) is 3. The highest BCUT2D eigenvalue weighted by Gasteiger charge is 2.21. The fraction of sp³-hybridized carbons (Fsp3) is 0.375. The number of carbonyl (C=O) groups excluding carboxylic acids is 1. The summed E-state index contributed by atoms with van der Waals surface area (Å²) in [5.74, 6) is -0.391. The van der Waals surface area contributed by atoms with E-state index >= 15 is 0 Å². The molecule has 6 nitrogen and oxygen atoms in total. The fourth-order valence-electron chi connectivity index (χ4n) is 2.68. The van der Waals surface area contributed by atoms with Gasteiger partial charge in [-0.3, -0.25) is 9.89 Å². The van der Waals surface area contributed by atoms with E-state index in [1.807, 2.05) is 0 Å². The summed E-state index contributed by atoms with van der Waals surface area (Å²) in [7, 11) is 1.43. The number of methoxy groups -OCH3 is 1. The second kappa shape index (κ2) is 6.78. The number of fused-ring (bicyclic) bond motifs is 1. The first-order valence-electron chi connectivity index (χ1n) is 7.56. The van der Waals surface area contributed by atoms with Crippen LogP contribution in [0.5, 0.6) is 5.75 Å². The first-order chi connectivity index (χ1) is 11.2. The maximum absolute atomic E-state index is 13.6. The van der Waals surface area contributed by atoms with Gasteiger partial charge in [0.05, 0.1) is 7.11 Å². The van der Waals surface area contributed by atoms with Gasteiger partial charge in [0, 0.05) is 37.3 Å². The summed E-state index contributed by atoms with van der Waals surface area (Å²) < 4.78 is 18.5. The van der Waals surface area contributed by atoms with Gasteiger partial charge in [-0.05, 0) is 24.1 Å². The van der Waals surface area contributed by atoms with Gasteiger partial charge in [-0.15, -0.1) is 0 Å². The van der Waals surface area contributed by atoms with E-state index in [1.54, 1.807) is 12.1 Å². The molecule has 0 bridgehead atoms. The first-order valence-corrected chi connectivity index (χ1v) is 7.56. The van der Waals surface area contributed by atoms with Crippen LogP contribution in [0, 0.1) is 5.82 Å². The molecule has 0 spiro atoms. The van der Waals surface area contributed by atoms with Gasteiger partial charge in [-0.25, -0.2) is 4.39 Å². The molecule has 23 heavy (non-hydrogen) atoms. The molecule has 3 rings (SSSR count). The zero-order valence-corrected chi connectivity index (χ0v) is 12.9. The van der Waals surface area contributed by atoms with Crippen LogP contribution in [-0.2, 0) is 19.4 Å². The third-order valence-corrected chi connectivity index (χ3v) is 3.94. The number of aromatic amines is 1. The highest BCUT2D eigenvalue weighted by molar-refractivity contribution is 5.94. The minimum absolute atomic E-state index is 0.208. The second-order valence-electron chi connectivity index (χ2n) is 5.43. The van der Waals surface area contributed by atoms with Crippen LogP contribution < -0.4 is 15.4 Å². The van der Waals surface area contributed by atoms with E-state index < -0.39 is 5.82 Å². The van der Waals surface area contributed by atoms with Crippen molar-refractivity contribution < 1.29 is 13.9 Å². The molecular formula is C16H19FN4O2. The van der Waals surface area contributed by atoms with Gasteiger partial charge >= 0.3 is 0 Å². The van der Waals surface area contributed by atoms with Crippen LogP contribution in [0.1, 0.15) is 27.3 Å². The summed E-state index contributed by atoms with van der Waals surface area (Å²) in [6, 6.07) is 4.79. The minimum atomic E-state index is -0.399. The van der Waals surface area contributed by atoms with Gasteiger partial charge in [-0.1, -0.05) is 6.07 Å². The highest BCUT2D eigenvalue weighted by Crippen LogP contribution is 2.18. The molecule has 0 saturated heterocycles. The molecule has 1 aliphatic rings. The van der Waals surface area contributed by atoms with E-state index in [0.29, 0.717) is 25.2 Å². The number of ether oxygens (including phenoxy) is 1. The lowest BCUT2D eigenvalue weighted by Crippen LogP contribution is -2.29. The number of hydrogen-bond acceptors (Lipinski definition) is 4. The Balaban J connectivity index is 1.57. The molecule has 0 unspecified atom stereocenters. The number of rotatable bonds is 5. The van der Waals surface area contributed by atoms with Crippen molar-refractivity contribution in [2.24, 2.45) is 0 Å². The normalized spacial score (nSPS) is 13.5. The zero-order chi connectivity index (χ0) is 16.2. The standard InChI is InChI=1S/C16H19FN4O2/c1-23-14-3-2-10(8-12(14)17)4-7-19-16(22)15-11-9-18-6-5-13(11)20-21-15/h2-3,8,18H,4-7,9H2,1H3,(H,19,22)(H,20,21). The van der Waals surface area contributed by atoms with Crippen molar-refractivity contribution in [3.8, 4) is 5.75 Å². The SMILES string of the molecule is COc1ccc(CCNC(=O)c2n[nH]c3c2CNCC3)cc1F. The summed E-state index contributed by atoms with van der Waals surface area (Å²) in [6.45, 7) is 1.96. The van der Waals surface area contributed by atoms with E-state index in [0.717, 1.165) is 29.8 Å². The molecule has 0 saturated carbocycles. The van der Waals surface area contributed by atoms with Gasteiger partial charge in [0.1, 0.15) is 0 Å². The Labute approximate surface area is 133 Å². The summed E-state index contributed by atoms with van der Waals surface area (Å²) in [6.07, 6.45) is 1.39. The summed E-state index contributed by atoms with van der Waals surface area (Å²) in [5, 5.41) is 13.1.